The average Bonchev–Trinajstić information content (AvgIpc) is 3.52. The zero-order chi connectivity index (χ0) is 30.6. The van der Waals surface area contributed by atoms with Crippen LogP contribution >= 0.6 is 11.3 Å². The van der Waals surface area contributed by atoms with Gasteiger partial charge in [0.25, 0.3) is 15.9 Å². The molecular weight excluding hydrogens is 599 g/mol. The van der Waals surface area contributed by atoms with Crippen molar-refractivity contribution in [3.63, 3.8) is 0 Å². The lowest BCUT2D eigenvalue weighted by molar-refractivity contribution is -0.137. The summed E-state index contributed by atoms with van der Waals surface area (Å²) in [6, 6.07) is 17.0. The third-order valence-electron chi connectivity index (χ3n) is 7.21. The lowest BCUT2D eigenvalue weighted by Gasteiger charge is -2.32. The molecule has 1 aliphatic heterocycles. The van der Waals surface area contributed by atoms with Gasteiger partial charge < -0.3 is 4.74 Å². The number of likely N-dealkylation sites (tertiary alicyclic amines) is 1. The lowest BCUT2D eigenvalue weighted by Crippen LogP contribution is -2.36. The molecule has 5 rings (SSSR count). The first-order valence-corrected chi connectivity index (χ1v) is 16.0. The van der Waals surface area contributed by atoms with Gasteiger partial charge >= 0.3 is 6.18 Å². The van der Waals surface area contributed by atoms with Gasteiger partial charge in [0.2, 0.25) is 0 Å². The Labute approximate surface area is 252 Å². The lowest BCUT2D eigenvalue weighted by atomic mass is 10.1. The van der Waals surface area contributed by atoms with Gasteiger partial charge in [-0.3, -0.25) is 14.7 Å². The number of sulfonamides is 1. The number of nitrogens with zero attached hydrogens (tertiary/aromatic N) is 2. The number of benzene rings is 2. The number of aromatic nitrogens is 1. The Morgan fingerprint density at radius 3 is 2.40 bits per heavy atom. The molecule has 0 radical (unpaired) electrons. The number of carbonyl (C=O) groups excluding carboxylic acids is 1. The van der Waals surface area contributed by atoms with E-state index in [9.17, 15) is 26.4 Å². The van der Waals surface area contributed by atoms with Crippen LogP contribution in [0.25, 0.3) is 11.3 Å². The van der Waals surface area contributed by atoms with Gasteiger partial charge in [-0.1, -0.05) is 35.9 Å². The second-order valence-corrected chi connectivity index (χ2v) is 13.0. The second-order valence-electron chi connectivity index (χ2n) is 10.4. The van der Waals surface area contributed by atoms with Gasteiger partial charge in [0.05, 0.1) is 33.7 Å². The van der Waals surface area contributed by atoms with E-state index in [4.69, 9.17) is 4.74 Å². The molecule has 7 nitrogen and oxygen atoms in total. The first kappa shape index (κ1) is 30.9. The molecule has 1 amide bonds. The predicted octanol–water partition coefficient (Wildman–Crippen LogP) is 6.44. The predicted molar refractivity (Wildman–Crippen MR) is 158 cm³/mol. The number of alkyl halides is 3. The molecule has 3 heterocycles. The highest BCUT2D eigenvalue weighted by atomic mass is 32.2. The van der Waals surface area contributed by atoms with Crippen LogP contribution in [-0.2, 0) is 34.1 Å². The summed E-state index contributed by atoms with van der Waals surface area (Å²) < 4.78 is 73.0. The van der Waals surface area contributed by atoms with Crippen molar-refractivity contribution in [2.24, 2.45) is 0 Å². The monoisotopic (exact) mass is 629 g/mol. The van der Waals surface area contributed by atoms with Crippen LogP contribution in [-0.4, -0.2) is 43.4 Å². The molecule has 0 bridgehead atoms. The first-order chi connectivity index (χ1) is 20.5. The number of thiophene rings is 1. The van der Waals surface area contributed by atoms with E-state index in [1.807, 2.05) is 13.0 Å². The minimum atomic E-state index is -4.34. The standard InChI is InChI=1S/C31H30F3N3O4S2/c1-21-4-11-29(43(39,40)36-30(38)28-3-2-16-42-28)26(17-21)27-10-7-23(18-35-27)20-41-25-12-14-37(15-13-25)19-22-5-8-24(9-6-22)31(32,33)34/h2-11,16-18,25H,12-15,19-20H2,1H3,(H,36,38). The third-order valence-corrected chi connectivity index (χ3v) is 9.46. The molecule has 12 heteroatoms. The highest BCUT2D eigenvalue weighted by Gasteiger charge is 2.30. The van der Waals surface area contributed by atoms with Crippen molar-refractivity contribution in [1.29, 1.82) is 0 Å². The van der Waals surface area contributed by atoms with Crippen LogP contribution in [0, 0.1) is 6.92 Å². The van der Waals surface area contributed by atoms with Crippen molar-refractivity contribution in [2.75, 3.05) is 13.1 Å². The number of hydrogen-bond acceptors (Lipinski definition) is 7. The Bertz CT molecular complexity index is 1650. The molecule has 2 aromatic heterocycles. The normalized spacial score (nSPS) is 15.0. The molecule has 0 atom stereocenters. The van der Waals surface area contributed by atoms with Crippen LogP contribution < -0.4 is 4.72 Å². The molecule has 1 N–H and O–H groups in total. The zero-order valence-corrected chi connectivity index (χ0v) is 24.9. The van der Waals surface area contributed by atoms with Crippen LogP contribution in [0.5, 0.6) is 0 Å². The summed E-state index contributed by atoms with van der Waals surface area (Å²) in [5.41, 5.74) is 2.71. The summed E-state index contributed by atoms with van der Waals surface area (Å²) in [6.45, 7) is 4.32. The number of amides is 1. The van der Waals surface area contributed by atoms with Crippen molar-refractivity contribution in [3.05, 3.63) is 105 Å². The summed E-state index contributed by atoms with van der Waals surface area (Å²) in [6.07, 6.45) is -1.04. The van der Waals surface area contributed by atoms with Crippen LogP contribution in [0.1, 0.15) is 44.8 Å². The van der Waals surface area contributed by atoms with Gasteiger partial charge in [-0.15, -0.1) is 11.3 Å². The molecule has 43 heavy (non-hydrogen) atoms. The summed E-state index contributed by atoms with van der Waals surface area (Å²) in [4.78, 5) is 19.4. The van der Waals surface area contributed by atoms with Crippen molar-refractivity contribution < 1.29 is 31.1 Å². The molecule has 1 fully saturated rings. The molecule has 0 aliphatic carbocycles. The summed E-state index contributed by atoms with van der Waals surface area (Å²) in [5.74, 6) is -0.688. The van der Waals surface area contributed by atoms with E-state index in [1.54, 1.807) is 41.9 Å². The number of carbonyl (C=O) groups is 1. The Hall–Kier alpha value is -3.58. The maximum Gasteiger partial charge on any atom is 0.416 e. The zero-order valence-electron chi connectivity index (χ0n) is 23.3. The van der Waals surface area contributed by atoms with Gasteiger partial charge in [0.1, 0.15) is 0 Å². The van der Waals surface area contributed by atoms with Crippen molar-refractivity contribution in [2.45, 2.75) is 50.1 Å². The van der Waals surface area contributed by atoms with E-state index in [0.717, 1.165) is 66.1 Å². The highest BCUT2D eigenvalue weighted by Crippen LogP contribution is 2.30. The van der Waals surface area contributed by atoms with E-state index >= 15 is 0 Å². The quantitative estimate of drug-likeness (QED) is 0.229. The summed E-state index contributed by atoms with van der Waals surface area (Å²) in [5, 5.41) is 1.70. The summed E-state index contributed by atoms with van der Waals surface area (Å²) in [7, 11) is -4.16. The number of ether oxygens (including phenoxy) is 1. The van der Waals surface area contributed by atoms with E-state index in [1.165, 1.54) is 18.2 Å². The summed E-state index contributed by atoms with van der Waals surface area (Å²) >= 11 is 1.15. The second kappa shape index (κ2) is 13.0. The Kier molecular flexibility index (Phi) is 9.30. The SMILES string of the molecule is Cc1ccc(S(=O)(=O)NC(=O)c2cccs2)c(-c2ccc(COC3CCN(Cc4ccc(C(F)(F)F)cc4)CC3)cn2)c1. The molecular formula is C31H30F3N3O4S2. The largest absolute Gasteiger partial charge is 0.416 e. The fourth-order valence-corrected chi connectivity index (χ4v) is 6.74. The number of rotatable bonds is 9. The maximum absolute atomic E-state index is 13.1. The minimum Gasteiger partial charge on any atom is -0.373 e. The van der Waals surface area contributed by atoms with Crippen LogP contribution in [0.4, 0.5) is 13.2 Å². The molecule has 4 aromatic rings. The third kappa shape index (κ3) is 7.88. The molecule has 2 aromatic carbocycles. The van der Waals surface area contributed by atoms with Crippen LogP contribution in [0.15, 0.2) is 83.2 Å². The number of halogens is 3. The van der Waals surface area contributed by atoms with Gasteiger partial charge in [0, 0.05) is 31.4 Å². The fraction of sp³-hybridized carbons (Fsp3) is 0.290. The van der Waals surface area contributed by atoms with E-state index in [0.29, 0.717) is 29.3 Å². The van der Waals surface area contributed by atoms with Crippen LogP contribution in [0.2, 0.25) is 0 Å². The Morgan fingerprint density at radius 2 is 1.77 bits per heavy atom. The van der Waals surface area contributed by atoms with E-state index in [2.05, 4.69) is 14.6 Å². The number of pyridine rings is 1. The highest BCUT2D eigenvalue weighted by molar-refractivity contribution is 7.90. The number of aryl methyl sites for hydroxylation is 1. The molecule has 0 saturated carbocycles. The average molecular weight is 630 g/mol. The molecule has 226 valence electrons. The van der Waals surface area contributed by atoms with Gasteiger partial charge in [-0.2, -0.15) is 13.2 Å². The van der Waals surface area contributed by atoms with Crippen molar-refractivity contribution in [3.8, 4) is 11.3 Å². The molecule has 0 unspecified atom stereocenters. The maximum atomic E-state index is 13.1. The van der Waals surface area contributed by atoms with Crippen molar-refractivity contribution in [1.82, 2.24) is 14.6 Å². The van der Waals surface area contributed by atoms with Gasteiger partial charge in [0.15, 0.2) is 0 Å². The Balaban J connectivity index is 1.16. The van der Waals surface area contributed by atoms with E-state index < -0.39 is 27.7 Å². The Morgan fingerprint density at radius 1 is 1.05 bits per heavy atom. The number of nitrogens with one attached hydrogen (secondary N) is 1. The van der Waals surface area contributed by atoms with Crippen molar-refractivity contribution >= 4 is 27.3 Å². The molecule has 0 spiro atoms. The van der Waals surface area contributed by atoms with Crippen LogP contribution in [0.3, 0.4) is 0 Å². The minimum absolute atomic E-state index is 0.0393. The fourth-order valence-electron chi connectivity index (χ4n) is 4.89. The number of piperidine rings is 1. The molecule has 1 saturated heterocycles. The number of hydrogen-bond donors (Lipinski definition) is 1. The topological polar surface area (TPSA) is 88.6 Å². The smallest absolute Gasteiger partial charge is 0.373 e. The van der Waals surface area contributed by atoms with Gasteiger partial charge in [-0.25, -0.2) is 13.1 Å². The molecule has 1 aliphatic rings. The first-order valence-electron chi connectivity index (χ1n) is 13.6. The van der Waals surface area contributed by atoms with E-state index in [-0.39, 0.29) is 11.0 Å². The van der Waals surface area contributed by atoms with Gasteiger partial charge in [-0.05, 0) is 72.7 Å².